The van der Waals surface area contributed by atoms with Crippen LogP contribution in [0.1, 0.15) is 35.2 Å². The molecule has 0 fully saturated rings. The van der Waals surface area contributed by atoms with E-state index in [0.717, 1.165) is 16.7 Å². The largest absolute Gasteiger partial charge is 0.497 e. The molecule has 10 heteroatoms. The minimum atomic E-state index is -0.812. The van der Waals surface area contributed by atoms with Gasteiger partial charge in [-0.15, -0.1) is 0 Å². The van der Waals surface area contributed by atoms with Crippen LogP contribution in [0.5, 0.6) is 17.2 Å². The number of benzene rings is 4. The highest BCUT2D eigenvalue weighted by Gasteiger charge is 2.35. The number of hydrogen-bond donors (Lipinski definition) is 0. The SMILES string of the molecule is CCOC(=O)C1=C(c2ccccc2)N=c2s/c(=C\c3cc(Br)c(OCc4ccccc4)c(OC)c3)c(=O)n2[C@@H]1c1cccc(OC)c1. The summed E-state index contributed by atoms with van der Waals surface area (Å²) in [7, 11) is 3.15. The van der Waals surface area contributed by atoms with Gasteiger partial charge in [0.2, 0.25) is 0 Å². The minimum absolute atomic E-state index is 0.168. The zero-order valence-corrected chi connectivity index (χ0v) is 28.3. The van der Waals surface area contributed by atoms with Crippen LogP contribution in [0.25, 0.3) is 11.8 Å². The topological polar surface area (TPSA) is 88.4 Å². The lowest BCUT2D eigenvalue weighted by Crippen LogP contribution is -2.40. The number of nitrogens with zero attached hydrogens (tertiary/aromatic N) is 2. The van der Waals surface area contributed by atoms with Crippen molar-refractivity contribution in [2.24, 2.45) is 4.99 Å². The highest BCUT2D eigenvalue weighted by molar-refractivity contribution is 9.10. The van der Waals surface area contributed by atoms with Gasteiger partial charge in [-0.05, 0) is 69.9 Å². The lowest BCUT2D eigenvalue weighted by Gasteiger charge is -2.26. The fourth-order valence-electron chi connectivity index (χ4n) is 5.41. The number of esters is 1. The molecule has 1 atom stereocenters. The molecule has 0 saturated heterocycles. The third kappa shape index (κ3) is 6.65. The van der Waals surface area contributed by atoms with Gasteiger partial charge in [-0.25, -0.2) is 9.79 Å². The van der Waals surface area contributed by atoms with Gasteiger partial charge in [0.1, 0.15) is 12.4 Å². The molecule has 47 heavy (non-hydrogen) atoms. The van der Waals surface area contributed by atoms with Gasteiger partial charge >= 0.3 is 5.97 Å². The Labute approximate surface area is 284 Å². The van der Waals surface area contributed by atoms with Crippen LogP contribution in [0.15, 0.2) is 117 Å². The molecular weight excluding hydrogens is 680 g/mol. The molecule has 0 radical (unpaired) electrons. The first kappa shape index (κ1) is 32.0. The highest BCUT2D eigenvalue weighted by atomic mass is 79.9. The average molecular weight is 712 g/mol. The second-order valence-electron chi connectivity index (χ2n) is 10.5. The Kier molecular flexibility index (Phi) is 9.70. The van der Waals surface area contributed by atoms with Gasteiger partial charge in [0.25, 0.3) is 5.56 Å². The summed E-state index contributed by atoms with van der Waals surface area (Å²) in [6, 6.07) is 29.5. The second-order valence-corrected chi connectivity index (χ2v) is 12.4. The Bertz CT molecular complexity index is 2140. The third-order valence-corrected chi connectivity index (χ3v) is 9.13. The lowest BCUT2D eigenvalue weighted by atomic mass is 9.93. The quantitative estimate of drug-likeness (QED) is 0.158. The molecule has 1 aliphatic heterocycles. The van der Waals surface area contributed by atoms with E-state index in [1.165, 1.54) is 11.3 Å². The van der Waals surface area contributed by atoms with Crippen molar-refractivity contribution in [1.82, 2.24) is 4.57 Å². The second kappa shape index (κ2) is 14.2. The first-order valence-corrected chi connectivity index (χ1v) is 16.5. The van der Waals surface area contributed by atoms with Crippen molar-refractivity contribution < 1.29 is 23.7 Å². The predicted octanol–water partition coefficient (Wildman–Crippen LogP) is 6.29. The van der Waals surface area contributed by atoms with Crippen LogP contribution in [0.2, 0.25) is 0 Å². The van der Waals surface area contributed by atoms with Gasteiger partial charge in [-0.1, -0.05) is 84.1 Å². The predicted molar refractivity (Wildman–Crippen MR) is 186 cm³/mol. The van der Waals surface area contributed by atoms with E-state index in [0.29, 0.717) is 48.9 Å². The van der Waals surface area contributed by atoms with Crippen LogP contribution >= 0.6 is 27.3 Å². The van der Waals surface area contributed by atoms with E-state index in [1.54, 1.807) is 31.8 Å². The number of methoxy groups -OCH3 is 2. The Balaban J connectivity index is 1.51. The maximum atomic E-state index is 14.3. The van der Waals surface area contributed by atoms with Crippen molar-refractivity contribution in [2.45, 2.75) is 19.6 Å². The van der Waals surface area contributed by atoms with Gasteiger partial charge in [0.05, 0.1) is 47.1 Å². The number of fused-ring (bicyclic) bond motifs is 1. The minimum Gasteiger partial charge on any atom is -0.497 e. The summed E-state index contributed by atoms with van der Waals surface area (Å²) >= 11 is 4.88. The zero-order valence-electron chi connectivity index (χ0n) is 25.9. The third-order valence-electron chi connectivity index (χ3n) is 7.56. The number of halogens is 1. The average Bonchev–Trinajstić information content (AvgIpc) is 3.41. The van der Waals surface area contributed by atoms with E-state index < -0.39 is 12.0 Å². The number of carbonyl (C=O) groups excluding carboxylic acids is 1. The van der Waals surface area contributed by atoms with E-state index in [1.807, 2.05) is 97.1 Å². The van der Waals surface area contributed by atoms with Gasteiger partial charge in [0, 0.05) is 5.56 Å². The molecule has 0 bridgehead atoms. The summed E-state index contributed by atoms with van der Waals surface area (Å²) in [6.07, 6.45) is 1.79. The van der Waals surface area contributed by atoms with E-state index in [2.05, 4.69) is 15.9 Å². The van der Waals surface area contributed by atoms with E-state index >= 15 is 0 Å². The first-order chi connectivity index (χ1) is 22.9. The zero-order chi connectivity index (χ0) is 32.9. The Morgan fingerprint density at radius 1 is 0.957 bits per heavy atom. The summed E-state index contributed by atoms with van der Waals surface area (Å²) in [5.74, 6) is 1.12. The van der Waals surface area contributed by atoms with Crippen molar-refractivity contribution in [3.8, 4) is 17.2 Å². The maximum absolute atomic E-state index is 14.3. The molecule has 5 aromatic rings. The maximum Gasteiger partial charge on any atom is 0.338 e. The van der Waals surface area contributed by atoms with Gasteiger partial charge in [0.15, 0.2) is 16.3 Å². The molecule has 0 saturated carbocycles. The molecule has 4 aromatic carbocycles. The van der Waals surface area contributed by atoms with Crippen LogP contribution in [0.3, 0.4) is 0 Å². The molecule has 238 valence electrons. The first-order valence-electron chi connectivity index (χ1n) is 14.9. The van der Waals surface area contributed by atoms with Crippen molar-refractivity contribution >= 4 is 45.0 Å². The van der Waals surface area contributed by atoms with E-state index in [-0.39, 0.29) is 17.7 Å². The van der Waals surface area contributed by atoms with Crippen LogP contribution < -0.4 is 29.1 Å². The molecule has 1 aliphatic rings. The molecule has 1 aromatic heterocycles. The van der Waals surface area contributed by atoms with Crippen LogP contribution in [0, 0.1) is 0 Å². The molecule has 0 unspecified atom stereocenters. The summed E-state index contributed by atoms with van der Waals surface area (Å²) in [5.41, 5.74) is 3.60. The standard InChI is InChI=1S/C37H31BrN2O6S/c1-4-45-36(42)31-32(25-14-9-6-10-15-25)39-37-40(33(31)26-16-11-17-27(21-26)43-2)35(41)30(47-37)20-24-18-28(38)34(29(19-24)44-3)46-22-23-12-7-5-8-13-23/h5-21,33H,4,22H2,1-3H3/b30-20-/t33-/m1/s1. The number of carbonyl (C=O) groups is 1. The van der Waals surface area contributed by atoms with Crippen molar-refractivity contribution in [3.63, 3.8) is 0 Å². The summed E-state index contributed by atoms with van der Waals surface area (Å²) in [5, 5.41) is 0. The summed E-state index contributed by atoms with van der Waals surface area (Å²) in [6.45, 7) is 2.28. The molecular formula is C37H31BrN2O6S. The van der Waals surface area contributed by atoms with Crippen molar-refractivity contribution in [2.75, 3.05) is 20.8 Å². The molecule has 2 heterocycles. The molecule has 0 amide bonds. The number of aromatic nitrogens is 1. The Morgan fingerprint density at radius 2 is 1.70 bits per heavy atom. The molecule has 8 nitrogen and oxygen atoms in total. The van der Waals surface area contributed by atoms with Gasteiger partial charge in [-0.3, -0.25) is 9.36 Å². The Hall–Kier alpha value is -4.93. The monoisotopic (exact) mass is 710 g/mol. The molecule has 0 spiro atoms. The van der Waals surface area contributed by atoms with E-state index in [4.69, 9.17) is 23.9 Å². The molecule has 6 rings (SSSR count). The number of thiazole rings is 1. The van der Waals surface area contributed by atoms with Crippen LogP contribution in [0.4, 0.5) is 0 Å². The van der Waals surface area contributed by atoms with E-state index in [9.17, 15) is 9.59 Å². The number of hydrogen-bond acceptors (Lipinski definition) is 8. The fraction of sp³-hybridized carbons (Fsp3) is 0.162. The van der Waals surface area contributed by atoms with Gasteiger partial charge in [-0.2, -0.15) is 0 Å². The summed E-state index contributed by atoms with van der Waals surface area (Å²) in [4.78, 5) is 33.4. The summed E-state index contributed by atoms with van der Waals surface area (Å²) < 4.78 is 25.5. The fourth-order valence-corrected chi connectivity index (χ4v) is 6.99. The lowest BCUT2D eigenvalue weighted by molar-refractivity contribution is -0.138. The normalized spacial score (nSPS) is 14.3. The van der Waals surface area contributed by atoms with Gasteiger partial charge < -0.3 is 18.9 Å². The van der Waals surface area contributed by atoms with Crippen LogP contribution in [-0.4, -0.2) is 31.4 Å². The number of ether oxygens (including phenoxy) is 4. The molecule has 0 N–H and O–H groups in total. The molecule has 0 aliphatic carbocycles. The van der Waals surface area contributed by atoms with Crippen molar-refractivity contribution in [1.29, 1.82) is 0 Å². The number of rotatable bonds is 10. The Morgan fingerprint density at radius 3 is 2.40 bits per heavy atom. The highest BCUT2D eigenvalue weighted by Crippen LogP contribution is 2.38. The van der Waals surface area contributed by atoms with Crippen LogP contribution in [-0.2, 0) is 16.1 Å². The van der Waals surface area contributed by atoms with Crippen molar-refractivity contribution in [3.05, 3.63) is 149 Å². The smallest absolute Gasteiger partial charge is 0.338 e.